The van der Waals surface area contributed by atoms with Crippen LogP contribution >= 0.6 is 7.82 Å². The van der Waals surface area contributed by atoms with E-state index in [1.165, 1.54) is 0 Å². The number of hydrogen-bond donors (Lipinski definition) is 2. The predicted molar refractivity (Wildman–Crippen MR) is 63.2 cm³/mol. The van der Waals surface area contributed by atoms with Crippen LogP contribution in [0.25, 0.3) is 0 Å². The molecule has 6 heteroatoms. The number of hydrogen-bond acceptors (Lipinski definition) is 2. The Morgan fingerprint density at radius 1 is 1.31 bits per heavy atom. The van der Waals surface area contributed by atoms with Crippen molar-refractivity contribution in [1.29, 1.82) is 0 Å². The number of benzene rings is 1. The number of rotatable bonds is 2. The van der Waals surface area contributed by atoms with Crippen LogP contribution in [0.1, 0.15) is 26.3 Å². The first-order valence-electron chi connectivity index (χ1n) is 4.96. The van der Waals surface area contributed by atoms with Gasteiger partial charge in [0.05, 0.1) is 0 Å². The summed E-state index contributed by atoms with van der Waals surface area (Å²) in [5, 5.41) is 0. The third-order valence-corrected chi connectivity index (χ3v) is 3.53. The van der Waals surface area contributed by atoms with Crippen molar-refractivity contribution in [2.24, 2.45) is 0 Å². The Bertz CT molecular complexity index is 433. The maximum absolute atomic E-state index is 10.8. The van der Waals surface area contributed by atoms with E-state index in [4.69, 9.17) is 9.79 Å². The van der Waals surface area contributed by atoms with Gasteiger partial charge in [0.2, 0.25) is 0 Å². The second-order valence-corrected chi connectivity index (χ2v) is 7.05. The van der Waals surface area contributed by atoms with E-state index < -0.39 is 7.82 Å². The molecule has 0 fully saturated rings. The summed E-state index contributed by atoms with van der Waals surface area (Å²) in [6.45, 7) is 6.11. The summed E-state index contributed by atoms with van der Waals surface area (Å²) >= 11 is 0.685. The van der Waals surface area contributed by atoms with Gasteiger partial charge in [0.25, 0.3) is 0 Å². The van der Waals surface area contributed by atoms with Crippen molar-refractivity contribution >= 4 is 38.6 Å². The Kier molecular flexibility index (Phi) is 4.28. The van der Waals surface area contributed by atoms with E-state index in [1.54, 1.807) is 6.07 Å². The van der Waals surface area contributed by atoms with Gasteiger partial charge in [-0.1, -0.05) is 0 Å². The van der Waals surface area contributed by atoms with Gasteiger partial charge in [-0.3, -0.25) is 0 Å². The quantitative estimate of drug-likeness (QED) is 0.614. The molecule has 0 aliphatic rings. The summed E-state index contributed by atoms with van der Waals surface area (Å²) in [4.78, 5) is 17.6. The van der Waals surface area contributed by atoms with Crippen LogP contribution in [0.5, 0.6) is 5.75 Å². The Balaban J connectivity index is 3.15. The molecule has 0 heterocycles. The Morgan fingerprint density at radius 2 is 1.88 bits per heavy atom. The van der Waals surface area contributed by atoms with Crippen molar-refractivity contribution in [3.8, 4) is 5.75 Å². The normalized spacial score (nSPS) is 12.7. The maximum atomic E-state index is 10.8. The van der Waals surface area contributed by atoms with E-state index in [2.05, 4.69) is 4.52 Å². The van der Waals surface area contributed by atoms with Gasteiger partial charge in [0.15, 0.2) is 0 Å². The molecule has 0 unspecified atom stereocenters. The summed E-state index contributed by atoms with van der Waals surface area (Å²) < 4.78 is 16.3. The summed E-state index contributed by atoms with van der Waals surface area (Å²) in [6.07, 6.45) is 0. The molecule has 84 valence electrons. The van der Waals surface area contributed by atoms with Crippen molar-refractivity contribution in [2.75, 3.05) is 0 Å². The van der Waals surface area contributed by atoms with Crippen molar-refractivity contribution in [1.82, 2.24) is 0 Å². The van der Waals surface area contributed by atoms with Gasteiger partial charge in [-0.05, 0) is 0 Å². The van der Waals surface area contributed by atoms with E-state index in [0.29, 0.717) is 33.7 Å². The molecule has 16 heavy (non-hydrogen) atoms. The molecule has 0 aromatic heterocycles. The summed E-state index contributed by atoms with van der Waals surface area (Å²) in [6, 6.07) is 5.54. The monoisotopic (exact) mass is 252 g/mol. The molecule has 0 aliphatic heterocycles. The van der Waals surface area contributed by atoms with E-state index >= 15 is 0 Å². The third kappa shape index (κ3) is 4.21. The van der Waals surface area contributed by atoms with Gasteiger partial charge in [0.1, 0.15) is 0 Å². The van der Waals surface area contributed by atoms with Crippen molar-refractivity contribution < 1.29 is 18.9 Å². The molecule has 0 atom stereocenters. The SMILES string of the molecule is CC(C)(C)c1cc[c]([Na])c(OP(=O)(O)O)c1. The number of phosphoric ester groups is 1. The van der Waals surface area contributed by atoms with Gasteiger partial charge in [-0.2, -0.15) is 0 Å². The van der Waals surface area contributed by atoms with Crippen LogP contribution < -0.4 is 7.34 Å². The van der Waals surface area contributed by atoms with Crippen LogP contribution in [-0.2, 0) is 9.98 Å². The molecule has 0 bridgehead atoms. The Morgan fingerprint density at radius 3 is 2.31 bits per heavy atom. The molecule has 0 saturated carbocycles. The van der Waals surface area contributed by atoms with Crippen LogP contribution in [-0.4, -0.2) is 37.7 Å². The topological polar surface area (TPSA) is 66.8 Å². The average molecular weight is 252 g/mol. The summed E-state index contributed by atoms with van der Waals surface area (Å²) in [7, 11) is -4.46. The molecule has 4 nitrogen and oxygen atoms in total. The van der Waals surface area contributed by atoms with Crippen LogP contribution in [0.2, 0.25) is 0 Å². The van der Waals surface area contributed by atoms with Gasteiger partial charge in [-0.15, -0.1) is 0 Å². The van der Waals surface area contributed by atoms with Crippen molar-refractivity contribution in [3.05, 3.63) is 23.8 Å². The first kappa shape index (κ1) is 14.2. The van der Waals surface area contributed by atoms with Gasteiger partial charge < -0.3 is 0 Å². The number of phosphoric acid groups is 1. The van der Waals surface area contributed by atoms with Gasteiger partial charge in [-0.25, -0.2) is 0 Å². The van der Waals surface area contributed by atoms with Crippen LogP contribution in [0.4, 0.5) is 0 Å². The fourth-order valence-corrected chi connectivity index (χ4v) is 2.33. The molecule has 0 saturated heterocycles. The first-order chi connectivity index (χ1) is 7.09. The van der Waals surface area contributed by atoms with Crippen LogP contribution in [0.15, 0.2) is 18.2 Å². The second-order valence-electron chi connectivity index (χ2n) is 4.81. The van der Waals surface area contributed by atoms with E-state index in [0.717, 1.165) is 8.38 Å². The fourth-order valence-electron chi connectivity index (χ4n) is 1.29. The zero-order valence-corrected chi connectivity index (χ0v) is 12.8. The average Bonchev–Trinajstić information content (AvgIpc) is 2.04. The molecule has 2 N–H and O–H groups in total. The molecule has 1 rings (SSSR count). The van der Waals surface area contributed by atoms with E-state index in [9.17, 15) is 4.57 Å². The minimum atomic E-state index is -4.46. The molecular weight excluding hydrogens is 238 g/mol. The molecule has 0 amide bonds. The first-order valence-corrected chi connectivity index (χ1v) is 7.49. The minimum absolute atomic E-state index is 0.0672. The van der Waals surface area contributed by atoms with Gasteiger partial charge in [0, 0.05) is 0 Å². The van der Waals surface area contributed by atoms with E-state index in [1.807, 2.05) is 32.9 Å². The molecule has 0 radical (unpaired) electrons. The predicted octanol–water partition coefficient (Wildman–Crippen LogP) is 1.25. The molecule has 1 aromatic rings. The Labute approximate surface area is 113 Å². The van der Waals surface area contributed by atoms with Crippen LogP contribution in [0, 0.1) is 0 Å². The summed E-state index contributed by atoms with van der Waals surface area (Å²) in [5.41, 5.74) is 0.929. The summed E-state index contributed by atoms with van der Waals surface area (Å²) in [5.74, 6) is 0.299. The Hall–Kier alpha value is 0.170. The fraction of sp³-hybridized carbons (Fsp3) is 0.400. The molecule has 0 aliphatic carbocycles. The third-order valence-electron chi connectivity index (χ3n) is 2.27. The van der Waals surface area contributed by atoms with E-state index in [-0.39, 0.29) is 5.41 Å². The standard InChI is InChI=1S/C10H14O4P.Na/c1-10(2,3)8-5-4-6-9(7-8)14-15(11,12)13;/h4-5,7H,1-3H3,(H2,11,12,13);. The van der Waals surface area contributed by atoms with Crippen molar-refractivity contribution in [2.45, 2.75) is 26.2 Å². The van der Waals surface area contributed by atoms with Gasteiger partial charge >= 0.3 is 113 Å². The zero-order valence-electron chi connectivity index (χ0n) is 9.89. The van der Waals surface area contributed by atoms with Crippen molar-refractivity contribution in [3.63, 3.8) is 0 Å². The van der Waals surface area contributed by atoms with Crippen LogP contribution in [0.3, 0.4) is 0 Å². The molecule has 0 spiro atoms. The molecule has 1 aromatic carbocycles. The zero-order chi connectivity index (χ0) is 12.6. The second kappa shape index (κ2) is 4.81. The molecular formula is C10H14NaO4P.